The van der Waals surface area contributed by atoms with Crippen molar-refractivity contribution in [2.45, 2.75) is 6.92 Å². The summed E-state index contributed by atoms with van der Waals surface area (Å²) in [6.07, 6.45) is 0. The molecule has 18 heavy (non-hydrogen) atoms. The van der Waals surface area contributed by atoms with Crippen molar-refractivity contribution in [1.29, 1.82) is 0 Å². The molecular weight excluding hydrogens is 296 g/mol. The number of nitrogens with two attached hydrogens (primary N) is 1. The van der Waals surface area contributed by atoms with Crippen LogP contribution >= 0.6 is 15.9 Å². The molecule has 5 heteroatoms. The van der Waals surface area contributed by atoms with Crippen LogP contribution in [-0.2, 0) is 0 Å². The Kier molecular flexibility index (Phi) is 3.62. The molecule has 0 aliphatic rings. The molecule has 2 aromatic rings. The summed E-state index contributed by atoms with van der Waals surface area (Å²) in [7, 11) is 0. The Balaban J connectivity index is 2.25. The number of primary amides is 1. The first-order valence-electron chi connectivity index (χ1n) is 5.27. The lowest BCUT2D eigenvalue weighted by molar-refractivity contribution is 0.1000. The molecule has 0 unspecified atom stereocenters. The molecular formula is C13H11BrN2O2. The van der Waals surface area contributed by atoms with Crippen LogP contribution < -0.4 is 10.5 Å². The van der Waals surface area contributed by atoms with Gasteiger partial charge in [-0.15, -0.1) is 0 Å². The van der Waals surface area contributed by atoms with Crippen LogP contribution in [0.4, 0.5) is 0 Å². The van der Waals surface area contributed by atoms with Gasteiger partial charge in [-0.25, -0.2) is 4.98 Å². The Bertz CT molecular complexity index is 599. The van der Waals surface area contributed by atoms with Crippen molar-refractivity contribution in [1.82, 2.24) is 4.98 Å². The van der Waals surface area contributed by atoms with Crippen molar-refractivity contribution in [2.24, 2.45) is 5.73 Å². The Morgan fingerprint density at radius 1 is 1.33 bits per heavy atom. The Labute approximate surface area is 113 Å². The first kappa shape index (κ1) is 12.6. The van der Waals surface area contributed by atoms with E-state index in [2.05, 4.69) is 20.9 Å². The topological polar surface area (TPSA) is 65.2 Å². The van der Waals surface area contributed by atoms with Gasteiger partial charge >= 0.3 is 0 Å². The number of aromatic nitrogens is 1. The predicted molar refractivity (Wildman–Crippen MR) is 71.7 cm³/mol. The summed E-state index contributed by atoms with van der Waals surface area (Å²) in [5, 5.41) is 0. The van der Waals surface area contributed by atoms with Gasteiger partial charge in [0.05, 0.1) is 5.69 Å². The predicted octanol–water partition coefficient (Wildman–Crippen LogP) is 3.04. The lowest BCUT2D eigenvalue weighted by Gasteiger charge is -2.07. The minimum atomic E-state index is -0.486. The van der Waals surface area contributed by atoms with E-state index in [1.807, 2.05) is 13.0 Å². The van der Waals surface area contributed by atoms with Gasteiger partial charge in [0.2, 0.25) is 11.8 Å². The van der Waals surface area contributed by atoms with E-state index in [4.69, 9.17) is 10.5 Å². The molecule has 4 nitrogen and oxygen atoms in total. The number of carbonyl (C=O) groups excluding carboxylic acids is 1. The largest absolute Gasteiger partial charge is 0.439 e. The molecule has 0 radical (unpaired) electrons. The van der Waals surface area contributed by atoms with Gasteiger partial charge in [-0.3, -0.25) is 4.79 Å². The maximum Gasteiger partial charge on any atom is 0.248 e. The van der Waals surface area contributed by atoms with E-state index in [0.29, 0.717) is 17.2 Å². The highest BCUT2D eigenvalue weighted by molar-refractivity contribution is 9.10. The van der Waals surface area contributed by atoms with Gasteiger partial charge in [-0.05, 0) is 47.1 Å². The number of rotatable bonds is 3. The second kappa shape index (κ2) is 5.18. The first-order chi connectivity index (χ1) is 8.56. The number of carbonyl (C=O) groups is 1. The zero-order chi connectivity index (χ0) is 13.1. The second-order valence-electron chi connectivity index (χ2n) is 3.71. The van der Waals surface area contributed by atoms with Crippen molar-refractivity contribution < 1.29 is 9.53 Å². The molecule has 1 amide bonds. The number of hydrogen-bond donors (Lipinski definition) is 1. The average molecular weight is 307 g/mol. The number of amides is 1. The minimum Gasteiger partial charge on any atom is -0.439 e. The van der Waals surface area contributed by atoms with E-state index in [1.54, 1.807) is 30.3 Å². The van der Waals surface area contributed by atoms with Crippen molar-refractivity contribution in [3.63, 3.8) is 0 Å². The summed E-state index contributed by atoms with van der Waals surface area (Å²) in [4.78, 5) is 15.3. The molecule has 0 atom stereocenters. The van der Waals surface area contributed by atoms with Crippen molar-refractivity contribution in [3.05, 3.63) is 52.1 Å². The number of aryl methyl sites for hydroxylation is 1. The molecule has 0 spiro atoms. The minimum absolute atomic E-state index is 0.404. The second-order valence-corrected chi connectivity index (χ2v) is 4.57. The number of pyridine rings is 1. The van der Waals surface area contributed by atoms with E-state index in [-0.39, 0.29) is 0 Å². The Morgan fingerprint density at radius 2 is 2.11 bits per heavy atom. The summed E-state index contributed by atoms with van der Waals surface area (Å²) in [6.45, 7) is 1.87. The summed E-state index contributed by atoms with van der Waals surface area (Å²) in [6, 6.07) is 10.3. The van der Waals surface area contributed by atoms with Crippen LogP contribution in [0.5, 0.6) is 11.6 Å². The maximum atomic E-state index is 11.0. The zero-order valence-corrected chi connectivity index (χ0v) is 11.3. The van der Waals surface area contributed by atoms with E-state index in [1.165, 1.54) is 0 Å². The fourth-order valence-corrected chi connectivity index (χ4v) is 1.63. The summed E-state index contributed by atoms with van der Waals surface area (Å²) in [5.41, 5.74) is 6.44. The highest BCUT2D eigenvalue weighted by Gasteiger charge is 2.05. The summed E-state index contributed by atoms with van der Waals surface area (Å²) >= 11 is 3.37. The molecule has 0 saturated heterocycles. The molecule has 0 saturated carbocycles. The van der Waals surface area contributed by atoms with Crippen molar-refractivity contribution in [3.8, 4) is 11.6 Å². The van der Waals surface area contributed by atoms with Crippen LogP contribution in [0.1, 0.15) is 16.1 Å². The zero-order valence-electron chi connectivity index (χ0n) is 9.68. The standard InChI is InChI=1S/C13H11BrN2O2/c1-8-11(14)5-6-12(16-8)18-10-4-2-3-9(7-10)13(15)17/h2-7H,1H3,(H2,15,17). The Morgan fingerprint density at radius 3 is 2.78 bits per heavy atom. The van der Waals surface area contributed by atoms with Crippen LogP contribution in [0.2, 0.25) is 0 Å². The van der Waals surface area contributed by atoms with Crippen LogP contribution in [0.25, 0.3) is 0 Å². The molecule has 0 aliphatic carbocycles. The van der Waals surface area contributed by atoms with Gasteiger partial charge in [0.1, 0.15) is 5.75 Å². The quantitative estimate of drug-likeness (QED) is 0.948. The average Bonchev–Trinajstić information content (AvgIpc) is 2.34. The smallest absolute Gasteiger partial charge is 0.248 e. The van der Waals surface area contributed by atoms with Gasteiger partial charge in [0, 0.05) is 16.1 Å². The summed E-state index contributed by atoms with van der Waals surface area (Å²) < 4.78 is 6.48. The fraction of sp³-hybridized carbons (Fsp3) is 0.0769. The monoisotopic (exact) mass is 306 g/mol. The van der Waals surface area contributed by atoms with Crippen LogP contribution in [-0.4, -0.2) is 10.9 Å². The number of ether oxygens (including phenoxy) is 1. The normalized spacial score (nSPS) is 10.1. The van der Waals surface area contributed by atoms with Crippen LogP contribution in [0.15, 0.2) is 40.9 Å². The highest BCUT2D eigenvalue weighted by atomic mass is 79.9. The third kappa shape index (κ3) is 2.87. The molecule has 1 heterocycles. The number of benzene rings is 1. The number of halogens is 1. The number of hydrogen-bond acceptors (Lipinski definition) is 3. The molecule has 2 rings (SSSR count). The fourth-order valence-electron chi connectivity index (χ4n) is 1.41. The van der Waals surface area contributed by atoms with Crippen LogP contribution in [0, 0.1) is 6.92 Å². The summed E-state index contributed by atoms with van der Waals surface area (Å²) in [5.74, 6) is 0.512. The van der Waals surface area contributed by atoms with E-state index < -0.39 is 5.91 Å². The molecule has 1 aromatic carbocycles. The molecule has 92 valence electrons. The third-order valence-electron chi connectivity index (χ3n) is 2.34. The number of nitrogens with zero attached hydrogens (tertiary/aromatic N) is 1. The first-order valence-corrected chi connectivity index (χ1v) is 6.06. The molecule has 0 bridgehead atoms. The lowest BCUT2D eigenvalue weighted by Crippen LogP contribution is -2.10. The molecule has 0 fully saturated rings. The highest BCUT2D eigenvalue weighted by Crippen LogP contribution is 2.23. The SMILES string of the molecule is Cc1nc(Oc2cccc(C(N)=O)c2)ccc1Br. The van der Waals surface area contributed by atoms with Gasteiger partial charge in [0.15, 0.2) is 0 Å². The van der Waals surface area contributed by atoms with Crippen molar-refractivity contribution >= 4 is 21.8 Å². The molecule has 1 aromatic heterocycles. The molecule has 2 N–H and O–H groups in total. The van der Waals surface area contributed by atoms with E-state index in [9.17, 15) is 4.79 Å². The van der Waals surface area contributed by atoms with Gasteiger partial charge in [0.25, 0.3) is 0 Å². The Hall–Kier alpha value is -1.88. The lowest BCUT2D eigenvalue weighted by atomic mass is 10.2. The van der Waals surface area contributed by atoms with Gasteiger partial charge < -0.3 is 10.5 Å². The molecule has 0 aliphatic heterocycles. The van der Waals surface area contributed by atoms with Crippen LogP contribution in [0.3, 0.4) is 0 Å². The maximum absolute atomic E-state index is 11.0. The van der Waals surface area contributed by atoms with Crippen molar-refractivity contribution in [2.75, 3.05) is 0 Å². The van der Waals surface area contributed by atoms with E-state index >= 15 is 0 Å². The van der Waals surface area contributed by atoms with Gasteiger partial charge in [-0.1, -0.05) is 6.07 Å². The third-order valence-corrected chi connectivity index (χ3v) is 3.17. The van der Waals surface area contributed by atoms with Gasteiger partial charge in [-0.2, -0.15) is 0 Å². The van der Waals surface area contributed by atoms with E-state index in [0.717, 1.165) is 10.2 Å².